The number of pyridine rings is 1. The number of aromatic carboxylic acids is 1. The lowest BCUT2D eigenvalue weighted by Gasteiger charge is -2.16. The summed E-state index contributed by atoms with van der Waals surface area (Å²) in [4.78, 5) is 32.7. The Bertz CT molecular complexity index is 1570. The average molecular weight is 487 g/mol. The molecule has 1 aliphatic carbocycles. The lowest BCUT2D eigenvalue weighted by Crippen LogP contribution is -2.23. The zero-order chi connectivity index (χ0) is 24.5. The molecule has 0 aliphatic heterocycles. The Morgan fingerprint density at radius 2 is 2.00 bits per heavy atom. The maximum Gasteiger partial charge on any atom is 0.335 e. The number of fused-ring (bicyclic) bond motifs is 1. The molecule has 35 heavy (non-hydrogen) atoms. The van der Waals surface area contributed by atoms with Gasteiger partial charge in [0.25, 0.3) is 5.56 Å². The molecule has 1 aliphatic rings. The first-order valence-corrected chi connectivity index (χ1v) is 11.4. The number of hydrogen-bond acceptors (Lipinski definition) is 6. The zero-order valence-electron chi connectivity index (χ0n) is 18.4. The van der Waals surface area contributed by atoms with Gasteiger partial charge in [0.1, 0.15) is 24.1 Å². The molecule has 5 rings (SSSR count). The number of benzene rings is 2. The molecule has 0 atom stereocenters. The molecule has 2 heterocycles. The molecule has 9 heteroatoms. The van der Waals surface area contributed by atoms with Gasteiger partial charge in [-0.25, -0.2) is 14.8 Å². The summed E-state index contributed by atoms with van der Waals surface area (Å²) in [5.41, 5.74) is 3.01. The number of halogens is 1. The summed E-state index contributed by atoms with van der Waals surface area (Å²) in [7, 11) is 0. The van der Waals surface area contributed by atoms with Gasteiger partial charge < -0.3 is 9.84 Å². The van der Waals surface area contributed by atoms with Gasteiger partial charge in [-0.1, -0.05) is 17.7 Å². The number of ether oxygens (including phenoxy) is 1. The Labute approximate surface area is 205 Å². The number of carboxylic acids is 1. The second-order valence-electron chi connectivity index (χ2n) is 8.31. The highest BCUT2D eigenvalue weighted by molar-refractivity contribution is 6.31. The lowest BCUT2D eigenvalue weighted by atomic mass is 9.94. The molecule has 0 saturated heterocycles. The summed E-state index contributed by atoms with van der Waals surface area (Å²) < 4.78 is 7.48. The summed E-state index contributed by atoms with van der Waals surface area (Å²) in [6.45, 7) is 0.383. The number of aromatic nitrogens is 3. The van der Waals surface area contributed by atoms with Crippen LogP contribution in [0.4, 0.5) is 0 Å². The summed E-state index contributed by atoms with van der Waals surface area (Å²) in [5.74, 6) is -0.0812. The molecule has 2 aromatic heterocycles. The van der Waals surface area contributed by atoms with E-state index in [2.05, 4.69) is 9.97 Å². The minimum atomic E-state index is -1.00. The molecule has 2 aromatic carbocycles. The van der Waals surface area contributed by atoms with Gasteiger partial charge in [-0.05, 0) is 66.3 Å². The van der Waals surface area contributed by atoms with Crippen molar-refractivity contribution in [2.45, 2.75) is 25.3 Å². The smallest absolute Gasteiger partial charge is 0.335 e. The standard InChI is InChI=1S/C26H19ClN4O4/c27-17-4-6-24(21(10-17)20-9-16(26(33)34)3-5-19(20)15-1-2-15)35-8-7-31-14-30-23-13-29-18(12-28)11-22(23)25(31)32/h3-6,9-11,13-15H,1-2,7-8H2,(H,33,34). The van der Waals surface area contributed by atoms with Crippen LogP contribution in [0.15, 0.2) is 59.8 Å². The number of carboxylic acid groups (broad SMARTS) is 1. The maximum absolute atomic E-state index is 12.9. The SMILES string of the molecule is N#Cc1cc2c(=O)n(CCOc3ccc(Cl)cc3-c3cc(C(=O)O)ccc3C3CC3)cnc2cn1. The van der Waals surface area contributed by atoms with Crippen LogP contribution in [0.2, 0.25) is 5.02 Å². The normalized spacial score (nSPS) is 12.9. The highest BCUT2D eigenvalue weighted by atomic mass is 35.5. The van der Waals surface area contributed by atoms with E-state index in [0.717, 1.165) is 24.0 Å². The fraction of sp³-hybridized carbons (Fsp3) is 0.192. The molecule has 0 bridgehead atoms. The number of nitriles is 1. The van der Waals surface area contributed by atoms with Crippen molar-refractivity contribution in [3.63, 3.8) is 0 Å². The zero-order valence-corrected chi connectivity index (χ0v) is 19.2. The third-order valence-electron chi connectivity index (χ3n) is 5.96. The third-order valence-corrected chi connectivity index (χ3v) is 6.20. The second kappa shape index (κ2) is 9.20. The first-order valence-electron chi connectivity index (χ1n) is 11.0. The van der Waals surface area contributed by atoms with Gasteiger partial charge in [0.2, 0.25) is 0 Å². The first kappa shape index (κ1) is 22.6. The van der Waals surface area contributed by atoms with Crippen molar-refractivity contribution in [2.75, 3.05) is 6.61 Å². The molecule has 8 nitrogen and oxygen atoms in total. The Kier molecular flexibility index (Phi) is 5.93. The van der Waals surface area contributed by atoms with Crippen molar-refractivity contribution >= 4 is 28.5 Å². The molecular formula is C26H19ClN4O4. The Balaban J connectivity index is 1.44. The maximum atomic E-state index is 12.9. The number of rotatable bonds is 7. The summed E-state index contributed by atoms with van der Waals surface area (Å²) in [6, 6.07) is 13.7. The van der Waals surface area contributed by atoms with Gasteiger partial charge in [-0.2, -0.15) is 5.26 Å². The minimum absolute atomic E-state index is 0.145. The Morgan fingerprint density at radius 3 is 2.74 bits per heavy atom. The highest BCUT2D eigenvalue weighted by Gasteiger charge is 2.28. The molecule has 0 spiro atoms. The van der Waals surface area contributed by atoms with E-state index in [1.54, 1.807) is 30.3 Å². The van der Waals surface area contributed by atoms with Crippen LogP contribution in [0.1, 0.15) is 40.4 Å². The molecule has 1 fully saturated rings. The van der Waals surface area contributed by atoms with Crippen LogP contribution in [-0.4, -0.2) is 32.2 Å². The van der Waals surface area contributed by atoms with Crippen molar-refractivity contribution in [3.05, 3.63) is 87.2 Å². The molecule has 1 saturated carbocycles. The van der Waals surface area contributed by atoms with E-state index in [0.29, 0.717) is 33.2 Å². The average Bonchev–Trinajstić information content (AvgIpc) is 3.71. The van der Waals surface area contributed by atoms with Crippen LogP contribution >= 0.6 is 11.6 Å². The predicted molar refractivity (Wildman–Crippen MR) is 130 cm³/mol. The quantitative estimate of drug-likeness (QED) is 0.404. The molecule has 174 valence electrons. The summed E-state index contributed by atoms with van der Waals surface area (Å²) in [5, 5.41) is 19.4. The Morgan fingerprint density at radius 1 is 1.17 bits per heavy atom. The van der Waals surface area contributed by atoms with Gasteiger partial charge >= 0.3 is 5.97 Å². The molecule has 4 aromatic rings. The van der Waals surface area contributed by atoms with E-state index in [4.69, 9.17) is 21.6 Å². The topological polar surface area (TPSA) is 118 Å². The van der Waals surface area contributed by atoms with E-state index < -0.39 is 5.97 Å². The van der Waals surface area contributed by atoms with Gasteiger partial charge in [-0.3, -0.25) is 9.36 Å². The van der Waals surface area contributed by atoms with Crippen LogP contribution in [0.25, 0.3) is 22.0 Å². The van der Waals surface area contributed by atoms with Crippen molar-refractivity contribution in [1.29, 1.82) is 5.26 Å². The largest absolute Gasteiger partial charge is 0.491 e. The molecule has 0 amide bonds. The second-order valence-corrected chi connectivity index (χ2v) is 8.75. The molecule has 1 N–H and O–H groups in total. The number of nitrogens with zero attached hydrogens (tertiary/aromatic N) is 4. The van der Waals surface area contributed by atoms with Gasteiger partial charge in [0.05, 0.1) is 35.5 Å². The van der Waals surface area contributed by atoms with E-state index in [1.165, 1.54) is 23.2 Å². The van der Waals surface area contributed by atoms with Gasteiger partial charge in [0, 0.05) is 10.6 Å². The van der Waals surface area contributed by atoms with Crippen LogP contribution < -0.4 is 10.3 Å². The minimum Gasteiger partial charge on any atom is -0.491 e. The van der Waals surface area contributed by atoms with Gasteiger partial charge in [0.15, 0.2) is 0 Å². The number of carbonyl (C=O) groups is 1. The van der Waals surface area contributed by atoms with E-state index in [9.17, 15) is 14.7 Å². The fourth-order valence-electron chi connectivity index (χ4n) is 4.05. The highest BCUT2D eigenvalue weighted by Crippen LogP contribution is 2.46. The first-order chi connectivity index (χ1) is 16.9. The van der Waals surface area contributed by atoms with Crippen molar-refractivity contribution < 1.29 is 14.6 Å². The number of hydrogen-bond donors (Lipinski definition) is 1. The molecule has 0 unspecified atom stereocenters. The van der Waals surface area contributed by atoms with Crippen molar-refractivity contribution in [1.82, 2.24) is 14.5 Å². The lowest BCUT2D eigenvalue weighted by molar-refractivity contribution is 0.0697. The van der Waals surface area contributed by atoms with Crippen molar-refractivity contribution in [3.8, 4) is 22.9 Å². The van der Waals surface area contributed by atoms with E-state index in [-0.39, 0.29) is 30.0 Å². The molecular weight excluding hydrogens is 468 g/mol. The van der Waals surface area contributed by atoms with Gasteiger partial charge in [-0.15, -0.1) is 0 Å². The van der Waals surface area contributed by atoms with Crippen LogP contribution in [-0.2, 0) is 6.54 Å². The summed E-state index contributed by atoms with van der Waals surface area (Å²) in [6.07, 6.45) is 4.93. The monoisotopic (exact) mass is 486 g/mol. The van der Waals surface area contributed by atoms with Crippen molar-refractivity contribution in [2.24, 2.45) is 0 Å². The van der Waals surface area contributed by atoms with Crippen LogP contribution in [0.5, 0.6) is 5.75 Å². The van der Waals surface area contributed by atoms with Crippen LogP contribution in [0, 0.1) is 11.3 Å². The molecule has 0 radical (unpaired) electrons. The summed E-state index contributed by atoms with van der Waals surface area (Å²) >= 11 is 6.29. The predicted octanol–water partition coefficient (Wildman–Crippen LogP) is 4.64. The third kappa shape index (κ3) is 4.59. The Hall–Kier alpha value is -4.22. The van der Waals surface area contributed by atoms with E-state index >= 15 is 0 Å². The fourth-order valence-corrected chi connectivity index (χ4v) is 4.22. The van der Waals surface area contributed by atoms with Crippen LogP contribution in [0.3, 0.4) is 0 Å². The van der Waals surface area contributed by atoms with E-state index in [1.807, 2.05) is 12.1 Å².